The highest BCUT2D eigenvalue weighted by molar-refractivity contribution is 5.96. The lowest BCUT2D eigenvalue weighted by Crippen LogP contribution is -2.20. The molecule has 0 saturated heterocycles. The van der Waals surface area contributed by atoms with E-state index in [1.165, 1.54) is 0 Å². The minimum Gasteiger partial charge on any atom is -0.496 e. The van der Waals surface area contributed by atoms with Crippen LogP contribution in [0.1, 0.15) is 27.8 Å². The van der Waals surface area contributed by atoms with Gasteiger partial charge in [0.05, 0.1) is 14.2 Å². The van der Waals surface area contributed by atoms with E-state index in [9.17, 15) is 0 Å². The standard InChI is InChI=1S/C27H34N6O2.2ClH/c1-17-10-22(32(2)15-20-8-6-18(26(28)29)12-24(20)34-4)14-23(11-17)33(3)16-21-9-7-19(27(30)31)13-25(21)35-5;;/h6-14H,15-16H2,1-5H3,(H3,28,29)(H3,30,31);2*1H. The molecule has 200 valence electrons. The van der Waals surface area contributed by atoms with Crippen LogP contribution in [0.2, 0.25) is 0 Å². The molecule has 0 aromatic heterocycles. The Kier molecular flexibility index (Phi) is 11.6. The maximum atomic E-state index is 7.66. The number of rotatable bonds is 10. The Balaban J connectivity index is 0.00000342. The van der Waals surface area contributed by atoms with E-state index < -0.39 is 0 Å². The minimum absolute atomic E-state index is 0. The zero-order valence-corrected chi connectivity index (χ0v) is 23.4. The highest BCUT2D eigenvalue weighted by atomic mass is 35.5. The number of nitrogens with one attached hydrogen (secondary N) is 2. The number of anilines is 2. The van der Waals surface area contributed by atoms with Gasteiger partial charge in [-0.25, -0.2) is 0 Å². The first kappa shape index (κ1) is 31.4. The number of nitrogens with two attached hydrogens (primary N) is 2. The summed E-state index contributed by atoms with van der Waals surface area (Å²) in [6.07, 6.45) is 0. The van der Waals surface area contributed by atoms with Gasteiger partial charge in [-0.2, -0.15) is 0 Å². The Labute approximate surface area is 231 Å². The molecule has 0 fully saturated rings. The number of amidine groups is 2. The number of aryl methyl sites for hydroxylation is 1. The monoisotopic (exact) mass is 546 g/mol. The van der Waals surface area contributed by atoms with Crippen LogP contribution in [0.4, 0.5) is 11.4 Å². The summed E-state index contributed by atoms with van der Waals surface area (Å²) in [5.41, 5.74) is 17.8. The average molecular weight is 548 g/mol. The molecule has 0 atom stereocenters. The van der Waals surface area contributed by atoms with Crippen molar-refractivity contribution in [3.8, 4) is 11.5 Å². The van der Waals surface area contributed by atoms with Crippen molar-refractivity contribution in [3.63, 3.8) is 0 Å². The molecular formula is C27H36Cl2N6O2. The van der Waals surface area contributed by atoms with Crippen LogP contribution in [0.3, 0.4) is 0 Å². The first-order valence-corrected chi connectivity index (χ1v) is 11.2. The molecule has 0 radical (unpaired) electrons. The third kappa shape index (κ3) is 7.68. The summed E-state index contributed by atoms with van der Waals surface area (Å²) >= 11 is 0. The molecule has 0 aliphatic carbocycles. The van der Waals surface area contributed by atoms with Crippen molar-refractivity contribution in [2.75, 3.05) is 38.1 Å². The second-order valence-corrected chi connectivity index (χ2v) is 8.62. The van der Waals surface area contributed by atoms with Gasteiger partial charge in [0.25, 0.3) is 0 Å². The van der Waals surface area contributed by atoms with E-state index in [0.717, 1.165) is 28.1 Å². The molecule has 0 aliphatic rings. The van der Waals surface area contributed by atoms with Gasteiger partial charge >= 0.3 is 0 Å². The zero-order chi connectivity index (χ0) is 25.7. The first-order valence-electron chi connectivity index (χ1n) is 11.2. The first-order chi connectivity index (χ1) is 16.6. The third-order valence-corrected chi connectivity index (χ3v) is 5.94. The van der Waals surface area contributed by atoms with Crippen molar-refractivity contribution in [3.05, 3.63) is 82.4 Å². The number of halogens is 2. The normalized spacial score (nSPS) is 9.97. The van der Waals surface area contributed by atoms with E-state index in [1.807, 2.05) is 38.4 Å². The van der Waals surface area contributed by atoms with E-state index in [4.69, 9.17) is 31.8 Å². The summed E-state index contributed by atoms with van der Waals surface area (Å²) in [5.74, 6) is 1.44. The molecule has 0 unspecified atom stereocenters. The van der Waals surface area contributed by atoms with Crippen LogP contribution in [0.15, 0.2) is 54.6 Å². The fourth-order valence-corrected chi connectivity index (χ4v) is 3.96. The predicted molar refractivity (Wildman–Crippen MR) is 158 cm³/mol. The van der Waals surface area contributed by atoms with Gasteiger partial charge in [-0.15, -0.1) is 24.8 Å². The summed E-state index contributed by atoms with van der Waals surface area (Å²) in [5, 5.41) is 15.3. The van der Waals surface area contributed by atoms with E-state index >= 15 is 0 Å². The van der Waals surface area contributed by atoms with Crippen LogP contribution in [-0.4, -0.2) is 40.0 Å². The average Bonchev–Trinajstić information content (AvgIpc) is 2.83. The smallest absolute Gasteiger partial charge is 0.124 e. The molecular weight excluding hydrogens is 511 g/mol. The number of hydrogen-bond acceptors (Lipinski definition) is 6. The SMILES string of the molecule is COc1cc(C(=N)N)ccc1CN(C)c1cc(C)cc(N(C)Cc2ccc(C(=N)N)cc2OC)c1.Cl.Cl. The van der Waals surface area contributed by atoms with E-state index in [1.54, 1.807) is 26.4 Å². The lowest BCUT2D eigenvalue weighted by molar-refractivity contribution is 0.409. The number of hydrogen-bond donors (Lipinski definition) is 4. The van der Waals surface area contributed by atoms with Gasteiger partial charge in [0.2, 0.25) is 0 Å². The van der Waals surface area contributed by atoms with E-state index in [-0.39, 0.29) is 36.5 Å². The molecule has 0 aliphatic heterocycles. The highest BCUT2D eigenvalue weighted by Crippen LogP contribution is 2.29. The highest BCUT2D eigenvalue weighted by Gasteiger charge is 2.14. The maximum Gasteiger partial charge on any atom is 0.124 e. The molecule has 3 aromatic rings. The van der Waals surface area contributed by atoms with Crippen molar-refractivity contribution < 1.29 is 9.47 Å². The van der Waals surface area contributed by atoms with Crippen LogP contribution in [0.25, 0.3) is 0 Å². The molecule has 0 saturated carbocycles. The number of methoxy groups -OCH3 is 2. The van der Waals surface area contributed by atoms with Gasteiger partial charge in [-0.1, -0.05) is 24.3 Å². The van der Waals surface area contributed by atoms with Crippen LogP contribution < -0.4 is 30.7 Å². The Morgan fingerprint density at radius 1 is 0.703 bits per heavy atom. The van der Waals surface area contributed by atoms with Gasteiger partial charge in [0, 0.05) is 60.8 Å². The molecule has 0 bridgehead atoms. The quantitative estimate of drug-likeness (QED) is 0.216. The molecule has 0 heterocycles. The molecule has 0 spiro atoms. The van der Waals surface area contributed by atoms with Gasteiger partial charge in [0.15, 0.2) is 0 Å². The van der Waals surface area contributed by atoms with Gasteiger partial charge < -0.3 is 30.7 Å². The van der Waals surface area contributed by atoms with E-state index in [0.29, 0.717) is 35.7 Å². The molecule has 3 aromatic carbocycles. The second-order valence-electron chi connectivity index (χ2n) is 8.62. The third-order valence-electron chi connectivity index (χ3n) is 5.94. The topological polar surface area (TPSA) is 125 Å². The molecule has 37 heavy (non-hydrogen) atoms. The summed E-state index contributed by atoms with van der Waals surface area (Å²) < 4.78 is 11.1. The Morgan fingerprint density at radius 3 is 1.41 bits per heavy atom. The van der Waals surface area contributed by atoms with Crippen LogP contribution in [0, 0.1) is 17.7 Å². The Morgan fingerprint density at radius 2 is 1.08 bits per heavy atom. The van der Waals surface area contributed by atoms with Crippen LogP contribution in [0.5, 0.6) is 11.5 Å². The number of nitrogens with zero attached hydrogens (tertiary/aromatic N) is 2. The van der Waals surface area contributed by atoms with Crippen molar-refractivity contribution >= 4 is 47.9 Å². The number of nitrogen functional groups attached to an aromatic ring is 2. The molecule has 10 heteroatoms. The summed E-state index contributed by atoms with van der Waals surface area (Å²) in [6, 6.07) is 17.6. The largest absolute Gasteiger partial charge is 0.496 e. The second kappa shape index (κ2) is 13.6. The van der Waals surface area contributed by atoms with Gasteiger partial charge in [-0.3, -0.25) is 10.8 Å². The Bertz CT molecular complexity index is 1160. The number of benzene rings is 3. The zero-order valence-electron chi connectivity index (χ0n) is 21.8. The summed E-state index contributed by atoms with van der Waals surface area (Å²) in [6.45, 7) is 3.35. The lowest BCUT2D eigenvalue weighted by atomic mass is 10.1. The molecule has 0 amide bonds. The fourth-order valence-electron chi connectivity index (χ4n) is 3.96. The van der Waals surface area contributed by atoms with Crippen LogP contribution in [-0.2, 0) is 13.1 Å². The molecule has 8 nitrogen and oxygen atoms in total. The van der Waals surface area contributed by atoms with Crippen molar-refractivity contribution in [2.45, 2.75) is 20.0 Å². The van der Waals surface area contributed by atoms with E-state index in [2.05, 4.69) is 34.9 Å². The summed E-state index contributed by atoms with van der Waals surface area (Å²) in [7, 11) is 7.33. The molecule has 3 rings (SSSR count). The van der Waals surface area contributed by atoms with Crippen molar-refractivity contribution in [1.29, 1.82) is 10.8 Å². The Hall–Kier alpha value is -3.62. The number of ether oxygens (including phenoxy) is 2. The fraction of sp³-hybridized carbons (Fsp3) is 0.259. The van der Waals surface area contributed by atoms with Crippen molar-refractivity contribution in [1.82, 2.24) is 0 Å². The minimum atomic E-state index is 0. The van der Waals surface area contributed by atoms with Gasteiger partial charge in [-0.05, 0) is 42.8 Å². The molecule has 6 N–H and O–H groups in total. The summed E-state index contributed by atoms with van der Waals surface area (Å²) in [4.78, 5) is 4.33. The van der Waals surface area contributed by atoms with Gasteiger partial charge in [0.1, 0.15) is 23.2 Å². The van der Waals surface area contributed by atoms with Crippen LogP contribution >= 0.6 is 24.8 Å². The van der Waals surface area contributed by atoms with Crippen molar-refractivity contribution in [2.24, 2.45) is 11.5 Å². The maximum absolute atomic E-state index is 7.66. The lowest BCUT2D eigenvalue weighted by Gasteiger charge is -2.26. The predicted octanol–water partition coefficient (Wildman–Crippen LogP) is 4.70.